The predicted molar refractivity (Wildman–Crippen MR) is 83.0 cm³/mol. The summed E-state index contributed by atoms with van der Waals surface area (Å²) < 4.78 is 5.59. The van der Waals surface area contributed by atoms with Crippen LogP contribution in [0.3, 0.4) is 0 Å². The zero-order valence-electron chi connectivity index (χ0n) is 13.4. The zero-order chi connectivity index (χ0) is 15.1. The molecule has 5 heteroatoms. The lowest BCUT2D eigenvalue weighted by atomic mass is 10.0. The Kier molecular flexibility index (Phi) is 6.88. The van der Waals surface area contributed by atoms with E-state index in [-0.39, 0.29) is 6.10 Å². The summed E-state index contributed by atoms with van der Waals surface area (Å²) in [5.41, 5.74) is 9.36. The number of nitrogens with two attached hydrogens (primary N) is 1. The first-order chi connectivity index (χ1) is 9.54. The zero-order valence-corrected chi connectivity index (χ0v) is 13.4. The Morgan fingerprint density at radius 3 is 2.35 bits per heavy atom. The van der Waals surface area contributed by atoms with Crippen molar-refractivity contribution in [2.24, 2.45) is 5.73 Å². The largest absolute Gasteiger partial charge is 0.377 e. The maximum atomic E-state index is 5.94. The van der Waals surface area contributed by atoms with Crippen molar-refractivity contribution in [3.8, 4) is 0 Å². The molecule has 114 valence electrons. The van der Waals surface area contributed by atoms with Crippen molar-refractivity contribution in [2.75, 3.05) is 25.1 Å². The van der Waals surface area contributed by atoms with Gasteiger partial charge in [-0.2, -0.15) is 5.10 Å². The minimum atomic E-state index is 0.247. The van der Waals surface area contributed by atoms with Crippen LogP contribution < -0.4 is 10.6 Å². The fourth-order valence-corrected chi connectivity index (χ4v) is 2.29. The summed E-state index contributed by atoms with van der Waals surface area (Å²) in [6, 6.07) is 0. The quantitative estimate of drug-likeness (QED) is 0.788. The van der Waals surface area contributed by atoms with E-state index in [1.807, 2.05) is 20.9 Å². The summed E-state index contributed by atoms with van der Waals surface area (Å²) in [6.07, 6.45) is 2.08. The second-order valence-corrected chi connectivity index (χ2v) is 5.18. The van der Waals surface area contributed by atoms with Gasteiger partial charge in [-0.05, 0) is 32.3 Å². The number of hydrogen-bond acceptors (Lipinski definition) is 5. The van der Waals surface area contributed by atoms with Crippen molar-refractivity contribution in [1.82, 2.24) is 10.2 Å². The standard InChI is InChI=1S/C15H28N4O/c1-6-12-13(10-16)15(18-17-14(12)7-2)19(5)8-9-20-11(3)4/h11H,6-10,16H2,1-5H3. The SMILES string of the molecule is CCc1nnc(N(C)CCOC(C)C)c(CN)c1CC. The lowest BCUT2D eigenvalue weighted by Crippen LogP contribution is -2.27. The smallest absolute Gasteiger partial charge is 0.155 e. The van der Waals surface area contributed by atoms with Crippen LogP contribution in [0.1, 0.15) is 44.5 Å². The summed E-state index contributed by atoms with van der Waals surface area (Å²) in [7, 11) is 2.01. The second kappa shape index (κ2) is 8.17. The molecule has 0 saturated heterocycles. The van der Waals surface area contributed by atoms with E-state index in [4.69, 9.17) is 10.5 Å². The van der Waals surface area contributed by atoms with Crippen LogP contribution in [0.15, 0.2) is 0 Å². The normalized spacial score (nSPS) is 11.2. The Labute approximate surface area is 122 Å². The molecule has 0 unspecified atom stereocenters. The molecule has 0 atom stereocenters. The molecule has 0 aliphatic carbocycles. The number of aryl methyl sites for hydroxylation is 1. The molecule has 1 rings (SSSR count). The maximum Gasteiger partial charge on any atom is 0.155 e. The van der Waals surface area contributed by atoms with E-state index in [9.17, 15) is 0 Å². The third-order valence-corrected chi connectivity index (χ3v) is 3.38. The summed E-state index contributed by atoms with van der Waals surface area (Å²) in [6.45, 7) is 10.3. The molecule has 1 aromatic heterocycles. The van der Waals surface area contributed by atoms with Crippen LogP contribution in [-0.2, 0) is 24.1 Å². The van der Waals surface area contributed by atoms with Gasteiger partial charge in [-0.3, -0.25) is 0 Å². The molecule has 0 aliphatic rings. The average molecular weight is 280 g/mol. The molecule has 0 saturated carbocycles. The van der Waals surface area contributed by atoms with Gasteiger partial charge in [0.2, 0.25) is 0 Å². The van der Waals surface area contributed by atoms with E-state index >= 15 is 0 Å². The minimum absolute atomic E-state index is 0.247. The number of anilines is 1. The Balaban J connectivity index is 2.93. The monoisotopic (exact) mass is 280 g/mol. The van der Waals surface area contributed by atoms with E-state index in [1.54, 1.807) is 0 Å². The van der Waals surface area contributed by atoms with Gasteiger partial charge in [0.1, 0.15) is 0 Å². The molecule has 0 aliphatic heterocycles. The minimum Gasteiger partial charge on any atom is -0.377 e. The molecule has 0 spiro atoms. The number of rotatable bonds is 8. The molecule has 1 aromatic rings. The average Bonchev–Trinajstić information content (AvgIpc) is 2.44. The van der Waals surface area contributed by atoms with Crippen LogP contribution in [0, 0.1) is 0 Å². The fourth-order valence-electron chi connectivity index (χ4n) is 2.29. The number of aromatic nitrogens is 2. The van der Waals surface area contributed by atoms with E-state index in [0.717, 1.165) is 36.5 Å². The number of hydrogen-bond donors (Lipinski definition) is 1. The van der Waals surface area contributed by atoms with Crippen molar-refractivity contribution in [1.29, 1.82) is 0 Å². The van der Waals surface area contributed by atoms with Crippen LogP contribution in [-0.4, -0.2) is 36.5 Å². The first-order valence-corrected chi connectivity index (χ1v) is 7.45. The third-order valence-electron chi connectivity index (χ3n) is 3.38. The molecule has 5 nitrogen and oxygen atoms in total. The van der Waals surface area contributed by atoms with Gasteiger partial charge in [0, 0.05) is 25.7 Å². The van der Waals surface area contributed by atoms with Crippen LogP contribution in [0.4, 0.5) is 5.82 Å². The van der Waals surface area contributed by atoms with Gasteiger partial charge in [-0.25, -0.2) is 0 Å². The molecule has 1 heterocycles. The Hall–Kier alpha value is -1.20. The summed E-state index contributed by atoms with van der Waals surface area (Å²) in [4.78, 5) is 2.08. The molecule has 0 bridgehead atoms. The highest BCUT2D eigenvalue weighted by Gasteiger charge is 2.16. The lowest BCUT2D eigenvalue weighted by molar-refractivity contribution is 0.0845. The summed E-state index contributed by atoms with van der Waals surface area (Å²) in [5, 5.41) is 8.72. The van der Waals surface area contributed by atoms with Gasteiger partial charge in [-0.1, -0.05) is 13.8 Å². The van der Waals surface area contributed by atoms with Gasteiger partial charge < -0.3 is 15.4 Å². The molecule has 0 amide bonds. The summed E-state index contributed by atoms with van der Waals surface area (Å²) in [5.74, 6) is 0.883. The topological polar surface area (TPSA) is 64.3 Å². The molecular weight excluding hydrogens is 252 g/mol. The van der Waals surface area contributed by atoms with Crippen molar-refractivity contribution in [3.05, 3.63) is 16.8 Å². The number of likely N-dealkylation sites (N-methyl/N-ethyl adjacent to an activating group) is 1. The molecule has 0 radical (unpaired) electrons. The van der Waals surface area contributed by atoms with E-state index in [0.29, 0.717) is 13.2 Å². The predicted octanol–water partition coefficient (Wildman–Crippen LogP) is 1.92. The molecule has 0 aromatic carbocycles. The fraction of sp³-hybridized carbons (Fsp3) is 0.733. The second-order valence-electron chi connectivity index (χ2n) is 5.18. The van der Waals surface area contributed by atoms with Crippen LogP contribution >= 0.6 is 0 Å². The van der Waals surface area contributed by atoms with Crippen molar-refractivity contribution in [2.45, 2.75) is 53.2 Å². The lowest BCUT2D eigenvalue weighted by Gasteiger charge is -2.23. The van der Waals surface area contributed by atoms with Gasteiger partial charge in [0.25, 0.3) is 0 Å². The van der Waals surface area contributed by atoms with Gasteiger partial charge >= 0.3 is 0 Å². The van der Waals surface area contributed by atoms with Gasteiger partial charge in [0.05, 0.1) is 18.4 Å². The van der Waals surface area contributed by atoms with E-state index in [2.05, 4.69) is 28.9 Å². The van der Waals surface area contributed by atoms with Gasteiger partial charge in [0.15, 0.2) is 5.82 Å². The van der Waals surface area contributed by atoms with Crippen molar-refractivity contribution >= 4 is 5.82 Å². The Morgan fingerprint density at radius 2 is 1.85 bits per heavy atom. The molecule has 2 N–H and O–H groups in total. The molecule has 0 fully saturated rings. The summed E-state index contributed by atoms with van der Waals surface area (Å²) >= 11 is 0. The Morgan fingerprint density at radius 1 is 1.15 bits per heavy atom. The number of ether oxygens (including phenoxy) is 1. The van der Waals surface area contributed by atoms with Crippen LogP contribution in [0.5, 0.6) is 0 Å². The highest BCUT2D eigenvalue weighted by atomic mass is 16.5. The highest BCUT2D eigenvalue weighted by molar-refractivity contribution is 5.50. The first-order valence-electron chi connectivity index (χ1n) is 7.45. The van der Waals surface area contributed by atoms with Crippen LogP contribution in [0.2, 0.25) is 0 Å². The van der Waals surface area contributed by atoms with E-state index in [1.165, 1.54) is 5.56 Å². The first kappa shape index (κ1) is 16.9. The number of nitrogens with zero attached hydrogens (tertiary/aromatic N) is 3. The maximum absolute atomic E-state index is 5.94. The van der Waals surface area contributed by atoms with Crippen molar-refractivity contribution in [3.63, 3.8) is 0 Å². The molecular formula is C15H28N4O. The van der Waals surface area contributed by atoms with Crippen molar-refractivity contribution < 1.29 is 4.74 Å². The van der Waals surface area contributed by atoms with Gasteiger partial charge in [-0.15, -0.1) is 5.10 Å². The Bertz CT molecular complexity index is 421. The third kappa shape index (κ3) is 4.15. The van der Waals surface area contributed by atoms with E-state index < -0.39 is 0 Å². The van der Waals surface area contributed by atoms with Crippen LogP contribution in [0.25, 0.3) is 0 Å². The highest BCUT2D eigenvalue weighted by Crippen LogP contribution is 2.22. The molecule has 20 heavy (non-hydrogen) atoms.